The molecule has 0 amide bonds. The fourth-order valence-corrected chi connectivity index (χ4v) is 2.53. The number of rotatable bonds is 3. The van der Waals surface area contributed by atoms with Crippen molar-refractivity contribution in [2.24, 2.45) is 0 Å². The molecule has 4 heteroatoms. The van der Waals surface area contributed by atoms with Crippen LogP contribution in [0.3, 0.4) is 0 Å². The van der Waals surface area contributed by atoms with Crippen LogP contribution >= 0.6 is 39.1 Å². The Labute approximate surface area is 124 Å². The van der Waals surface area contributed by atoms with Crippen LogP contribution in [0.2, 0.25) is 10.0 Å². The summed E-state index contributed by atoms with van der Waals surface area (Å²) in [5, 5.41) is 1.14. The first-order chi connectivity index (χ1) is 8.56. The van der Waals surface area contributed by atoms with Crippen LogP contribution in [0.5, 0.6) is 0 Å². The summed E-state index contributed by atoms with van der Waals surface area (Å²) in [6.07, 6.45) is 0.270. The Morgan fingerprint density at radius 1 is 1.11 bits per heavy atom. The van der Waals surface area contributed by atoms with Gasteiger partial charge in [0.05, 0.1) is 0 Å². The lowest BCUT2D eigenvalue weighted by molar-refractivity contribution is 0.0993. The lowest BCUT2D eigenvalue weighted by Crippen LogP contribution is -2.03. The van der Waals surface area contributed by atoms with Crippen LogP contribution < -0.4 is 0 Å². The first kappa shape index (κ1) is 13.6. The van der Waals surface area contributed by atoms with Gasteiger partial charge in [-0.1, -0.05) is 57.3 Å². The predicted molar refractivity (Wildman–Crippen MR) is 78.6 cm³/mol. The minimum Gasteiger partial charge on any atom is -0.294 e. The molecule has 0 saturated carbocycles. The van der Waals surface area contributed by atoms with Gasteiger partial charge in [0.1, 0.15) is 0 Å². The molecule has 0 unspecified atom stereocenters. The van der Waals surface area contributed by atoms with E-state index in [0.29, 0.717) is 15.6 Å². The highest BCUT2D eigenvalue weighted by Crippen LogP contribution is 2.23. The Hall–Kier alpha value is -0.830. The van der Waals surface area contributed by atoms with Gasteiger partial charge in [-0.25, -0.2) is 0 Å². The number of hydrogen-bond donors (Lipinski definition) is 0. The largest absolute Gasteiger partial charge is 0.294 e. The van der Waals surface area contributed by atoms with Gasteiger partial charge < -0.3 is 0 Å². The molecule has 0 N–H and O–H groups in total. The highest BCUT2D eigenvalue weighted by molar-refractivity contribution is 9.10. The van der Waals surface area contributed by atoms with Crippen molar-refractivity contribution in [3.8, 4) is 0 Å². The zero-order valence-corrected chi connectivity index (χ0v) is 12.4. The second kappa shape index (κ2) is 5.87. The Balaban J connectivity index is 2.21. The topological polar surface area (TPSA) is 17.1 Å². The number of ketones is 1. The minimum atomic E-state index is 0.00159. The fourth-order valence-electron chi connectivity index (χ4n) is 1.60. The molecule has 0 spiro atoms. The van der Waals surface area contributed by atoms with Crippen molar-refractivity contribution in [1.82, 2.24) is 0 Å². The van der Waals surface area contributed by atoms with E-state index in [2.05, 4.69) is 15.9 Å². The maximum atomic E-state index is 12.1. The summed E-state index contributed by atoms with van der Waals surface area (Å²) in [6.45, 7) is 0. The van der Waals surface area contributed by atoms with Crippen LogP contribution in [0.15, 0.2) is 46.9 Å². The van der Waals surface area contributed by atoms with Gasteiger partial charge in [0, 0.05) is 26.5 Å². The van der Waals surface area contributed by atoms with Gasteiger partial charge in [-0.3, -0.25) is 4.79 Å². The van der Waals surface area contributed by atoms with E-state index in [0.717, 1.165) is 10.0 Å². The summed E-state index contributed by atoms with van der Waals surface area (Å²) in [5.41, 5.74) is 1.41. The number of benzene rings is 2. The Morgan fingerprint density at radius 3 is 2.56 bits per heavy atom. The van der Waals surface area contributed by atoms with E-state index in [1.165, 1.54) is 0 Å². The highest BCUT2D eigenvalue weighted by Gasteiger charge is 2.10. The molecule has 0 aliphatic carbocycles. The maximum Gasteiger partial charge on any atom is 0.167 e. The monoisotopic (exact) mass is 342 g/mol. The molecule has 2 aromatic carbocycles. The SMILES string of the molecule is O=C(Cc1ccc(Br)cc1Cl)c1cccc(Cl)c1. The summed E-state index contributed by atoms with van der Waals surface area (Å²) < 4.78 is 0.895. The zero-order valence-electron chi connectivity index (χ0n) is 9.29. The molecule has 0 heterocycles. The van der Waals surface area contributed by atoms with Crippen LogP contribution in [0, 0.1) is 0 Å². The molecule has 18 heavy (non-hydrogen) atoms. The third-order valence-electron chi connectivity index (χ3n) is 2.51. The van der Waals surface area contributed by atoms with Crippen LogP contribution in [0.25, 0.3) is 0 Å². The van der Waals surface area contributed by atoms with Crippen molar-refractivity contribution >= 4 is 44.9 Å². The molecule has 0 fully saturated rings. The maximum absolute atomic E-state index is 12.1. The first-order valence-corrected chi connectivity index (χ1v) is 6.84. The lowest BCUT2D eigenvalue weighted by Gasteiger charge is -2.05. The van der Waals surface area contributed by atoms with Crippen LogP contribution in [0.1, 0.15) is 15.9 Å². The van der Waals surface area contributed by atoms with Gasteiger partial charge in [-0.2, -0.15) is 0 Å². The third kappa shape index (κ3) is 3.35. The van der Waals surface area contributed by atoms with Gasteiger partial charge in [0.15, 0.2) is 5.78 Å². The molecule has 0 aromatic heterocycles. The zero-order chi connectivity index (χ0) is 13.1. The Bertz CT molecular complexity index is 596. The van der Waals surface area contributed by atoms with Crippen LogP contribution in [-0.2, 0) is 6.42 Å². The van der Waals surface area contributed by atoms with Crippen molar-refractivity contribution in [1.29, 1.82) is 0 Å². The van der Waals surface area contributed by atoms with E-state index < -0.39 is 0 Å². The normalized spacial score (nSPS) is 10.4. The summed E-state index contributed by atoms with van der Waals surface area (Å²) in [7, 11) is 0. The second-order valence-corrected chi connectivity index (χ2v) is 5.61. The molecule has 0 aliphatic rings. The van der Waals surface area contributed by atoms with Crippen molar-refractivity contribution < 1.29 is 4.79 Å². The first-order valence-electron chi connectivity index (χ1n) is 5.29. The number of Topliss-reactive ketones (excluding diaryl/α,β-unsaturated/α-hetero) is 1. The Kier molecular flexibility index (Phi) is 4.44. The van der Waals surface area contributed by atoms with E-state index >= 15 is 0 Å². The molecule has 1 nitrogen and oxygen atoms in total. The molecular formula is C14H9BrCl2O. The predicted octanol–water partition coefficient (Wildman–Crippen LogP) is 5.18. The number of hydrogen-bond acceptors (Lipinski definition) is 1. The summed E-state index contributed by atoms with van der Waals surface area (Å²) >= 11 is 15.3. The van der Waals surface area contributed by atoms with Gasteiger partial charge in [0.2, 0.25) is 0 Å². The molecule has 2 aromatic rings. The van der Waals surface area contributed by atoms with Gasteiger partial charge >= 0.3 is 0 Å². The average Bonchev–Trinajstić information content (AvgIpc) is 2.32. The van der Waals surface area contributed by atoms with Crippen LogP contribution in [0.4, 0.5) is 0 Å². The fraction of sp³-hybridized carbons (Fsp3) is 0.0714. The third-order valence-corrected chi connectivity index (χ3v) is 3.59. The van der Waals surface area contributed by atoms with Crippen molar-refractivity contribution in [2.75, 3.05) is 0 Å². The number of carbonyl (C=O) groups is 1. The molecule has 2 rings (SSSR count). The van der Waals surface area contributed by atoms with E-state index in [4.69, 9.17) is 23.2 Å². The minimum absolute atomic E-state index is 0.00159. The average molecular weight is 344 g/mol. The van der Waals surface area contributed by atoms with E-state index in [1.54, 1.807) is 30.3 Å². The van der Waals surface area contributed by atoms with E-state index in [1.807, 2.05) is 12.1 Å². The van der Waals surface area contributed by atoms with Crippen molar-refractivity contribution in [3.63, 3.8) is 0 Å². The molecule has 0 aliphatic heterocycles. The quantitative estimate of drug-likeness (QED) is 0.701. The van der Waals surface area contributed by atoms with Gasteiger partial charge in [0.25, 0.3) is 0 Å². The standard InChI is InChI=1S/C14H9BrCl2O/c15-11-5-4-9(13(17)8-11)7-14(18)10-2-1-3-12(16)6-10/h1-6,8H,7H2. The molecule has 0 bridgehead atoms. The smallest absolute Gasteiger partial charge is 0.167 e. The van der Waals surface area contributed by atoms with Crippen molar-refractivity contribution in [2.45, 2.75) is 6.42 Å². The second-order valence-electron chi connectivity index (χ2n) is 3.85. The Morgan fingerprint density at radius 2 is 1.89 bits per heavy atom. The number of halogens is 3. The van der Waals surface area contributed by atoms with E-state index in [9.17, 15) is 4.79 Å². The van der Waals surface area contributed by atoms with Gasteiger partial charge in [-0.05, 0) is 29.8 Å². The van der Waals surface area contributed by atoms with Gasteiger partial charge in [-0.15, -0.1) is 0 Å². The number of carbonyl (C=O) groups excluding carboxylic acids is 1. The summed E-state index contributed by atoms with van der Waals surface area (Å²) in [6, 6.07) is 12.4. The molecule has 0 radical (unpaired) electrons. The summed E-state index contributed by atoms with van der Waals surface area (Å²) in [5.74, 6) is 0.00159. The van der Waals surface area contributed by atoms with Crippen molar-refractivity contribution in [3.05, 3.63) is 68.1 Å². The molecular weight excluding hydrogens is 335 g/mol. The molecule has 0 atom stereocenters. The molecule has 92 valence electrons. The lowest BCUT2D eigenvalue weighted by atomic mass is 10.0. The summed E-state index contributed by atoms with van der Waals surface area (Å²) in [4.78, 5) is 12.1. The molecule has 0 saturated heterocycles. The van der Waals surface area contributed by atoms with E-state index in [-0.39, 0.29) is 12.2 Å². The van der Waals surface area contributed by atoms with Crippen LogP contribution in [-0.4, -0.2) is 5.78 Å². The highest BCUT2D eigenvalue weighted by atomic mass is 79.9.